The van der Waals surface area contributed by atoms with Gasteiger partial charge >= 0.3 is 13.4 Å². The van der Waals surface area contributed by atoms with E-state index in [2.05, 4.69) is 30.2 Å². The number of aromatic nitrogens is 3. The van der Waals surface area contributed by atoms with E-state index >= 15 is 0 Å². The number of anilines is 3. The van der Waals surface area contributed by atoms with Gasteiger partial charge in [0.25, 0.3) is 5.91 Å². The van der Waals surface area contributed by atoms with Crippen molar-refractivity contribution in [3.05, 3.63) is 30.2 Å². The average Bonchev–Trinajstić information content (AvgIpc) is 2.74. The molecule has 0 radical (unpaired) electrons. The Hall–Kier alpha value is -3.65. The van der Waals surface area contributed by atoms with Crippen molar-refractivity contribution in [2.45, 2.75) is 45.3 Å². The van der Waals surface area contributed by atoms with Gasteiger partial charge in [-0.25, -0.2) is 19.7 Å². The van der Waals surface area contributed by atoms with Gasteiger partial charge in [0.05, 0.1) is 11.9 Å². The number of alkyl carbamates (subject to hydrolysis) is 1. The molecule has 0 atom stereocenters. The van der Waals surface area contributed by atoms with Gasteiger partial charge in [0.1, 0.15) is 5.60 Å². The number of nitrogens with two attached hydrogens (primary N) is 1. The number of pyridine rings is 1. The van der Waals surface area contributed by atoms with Crippen molar-refractivity contribution in [1.82, 2.24) is 20.3 Å². The van der Waals surface area contributed by atoms with E-state index in [0.29, 0.717) is 37.4 Å². The molecule has 0 bridgehead atoms. The van der Waals surface area contributed by atoms with Gasteiger partial charge in [-0.05, 0) is 45.7 Å². The maximum absolute atomic E-state index is 12.8. The van der Waals surface area contributed by atoms with E-state index in [-0.39, 0.29) is 23.4 Å². The highest BCUT2D eigenvalue weighted by Gasteiger charge is 2.26. The summed E-state index contributed by atoms with van der Waals surface area (Å²) in [5.41, 5.74) is 5.63. The van der Waals surface area contributed by atoms with E-state index < -0.39 is 24.9 Å². The van der Waals surface area contributed by atoms with Gasteiger partial charge in [-0.15, -0.1) is 0 Å². The number of hydrogen-bond donors (Lipinski definition) is 5. The van der Waals surface area contributed by atoms with Crippen molar-refractivity contribution in [2.24, 2.45) is 0 Å². The topological polar surface area (TPSA) is 185 Å². The minimum absolute atomic E-state index is 0.0273. The van der Waals surface area contributed by atoms with Crippen molar-refractivity contribution >= 4 is 36.6 Å². The molecule has 14 heteroatoms. The molecule has 0 saturated carbocycles. The second kappa shape index (κ2) is 10.5. The number of carbonyl (C=O) groups excluding carboxylic acids is 2. The number of hydrogen-bond acceptors (Lipinski definition) is 11. The number of carbonyl (C=O) groups is 2. The monoisotopic (exact) mass is 473 g/mol. The summed E-state index contributed by atoms with van der Waals surface area (Å²) in [7, 11) is -2.12. The Morgan fingerprint density at radius 1 is 1.24 bits per heavy atom. The third kappa shape index (κ3) is 6.92. The molecule has 34 heavy (non-hydrogen) atoms. The number of ether oxygens (including phenoxy) is 1. The lowest BCUT2D eigenvalue weighted by Crippen LogP contribution is -2.46. The molecule has 0 unspecified atom stereocenters. The molecule has 2 amide bonds. The largest absolute Gasteiger partial charge is 0.708 e. The minimum Gasteiger partial charge on any atom is -0.496 e. The Labute approximate surface area is 196 Å². The summed E-state index contributed by atoms with van der Waals surface area (Å²) in [6, 6.07) is 3.54. The highest BCUT2D eigenvalue weighted by molar-refractivity contribution is 6.33. The van der Waals surface area contributed by atoms with Gasteiger partial charge in [-0.1, -0.05) is 0 Å². The van der Waals surface area contributed by atoms with E-state index in [1.807, 2.05) is 31.7 Å². The molecule has 1 aliphatic heterocycles. The van der Waals surface area contributed by atoms with Gasteiger partial charge < -0.3 is 40.7 Å². The average molecular weight is 473 g/mol. The lowest BCUT2D eigenvalue weighted by atomic mass is 10.0. The predicted molar refractivity (Wildman–Crippen MR) is 124 cm³/mol. The second-order valence-electron chi connectivity index (χ2n) is 8.62. The van der Waals surface area contributed by atoms with Crippen molar-refractivity contribution in [3.8, 4) is 5.88 Å². The Bertz CT molecular complexity index is 1020. The van der Waals surface area contributed by atoms with E-state index in [0.717, 1.165) is 6.20 Å². The first-order chi connectivity index (χ1) is 16.0. The fourth-order valence-electron chi connectivity index (χ4n) is 3.37. The van der Waals surface area contributed by atoms with E-state index in [1.165, 1.54) is 6.20 Å². The number of nitrogens with one attached hydrogen (secondary N) is 2. The van der Waals surface area contributed by atoms with Crippen LogP contribution in [-0.4, -0.2) is 69.1 Å². The summed E-state index contributed by atoms with van der Waals surface area (Å²) >= 11 is 0. The van der Waals surface area contributed by atoms with E-state index in [1.54, 1.807) is 6.07 Å². The lowest BCUT2D eigenvalue weighted by Gasteiger charge is -2.34. The fraction of sp³-hybridized carbons (Fsp3) is 0.450. The summed E-state index contributed by atoms with van der Waals surface area (Å²) in [6.07, 6.45) is 3.52. The molecule has 13 nitrogen and oxygen atoms in total. The van der Waals surface area contributed by atoms with E-state index in [4.69, 9.17) is 20.5 Å². The smallest absolute Gasteiger partial charge is 0.496 e. The van der Waals surface area contributed by atoms with Crippen LogP contribution in [0.25, 0.3) is 0 Å². The molecular formula is C20H28BN7O6. The number of nitrogen functional groups attached to an aromatic ring is 1. The first-order valence-electron chi connectivity index (χ1n) is 10.7. The van der Waals surface area contributed by atoms with Crippen LogP contribution in [0.2, 0.25) is 0 Å². The summed E-state index contributed by atoms with van der Waals surface area (Å²) in [5.74, 6) is -0.844. The molecule has 0 aromatic carbocycles. The molecule has 3 rings (SSSR count). The van der Waals surface area contributed by atoms with Gasteiger partial charge in [0, 0.05) is 25.3 Å². The molecule has 0 aliphatic carbocycles. The van der Waals surface area contributed by atoms with Gasteiger partial charge in [0.15, 0.2) is 17.3 Å². The van der Waals surface area contributed by atoms with E-state index in [9.17, 15) is 9.59 Å². The van der Waals surface area contributed by atoms with Gasteiger partial charge in [-0.2, -0.15) is 0 Å². The Kier molecular flexibility index (Phi) is 7.73. The standard InChI is InChI=1S/C20H28BN7O6/c1-20(2,3)33-19(30)25-12-6-9-28(10-7-12)13-5-4-8-23-17(13)27-18(29)15-16(22)24-11-14(26-15)34-21(31)32/h4-5,8,11-12,31-32H,6-7,9-10H2,1-3H3,(H2,22,24)(H,25,30)(H,23,27,29). The maximum atomic E-state index is 12.8. The molecule has 2 aromatic rings. The maximum Gasteiger partial charge on any atom is 0.708 e. The van der Waals surface area contributed by atoms with Crippen molar-refractivity contribution in [1.29, 1.82) is 0 Å². The normalized spacial score (nSPS) is 14.3. The number of piperidine rings is 1. The summed E-state index contributed by atoms with van der Waals surface area (Å²) in [5, 5.41) is 23.4. The lowest BCUT2D eigenvalue weighted by molar-refractivity contribution is 0.0497. The molecule has 0 spiro atoms. The molecule has 1 saturated heterocycles. The van der Waals surface area contributed by atoms with Crippen LogP contribution >= 0.6 is 0 Å². The highest BCUT2D eigenvalue weighted by atomic mass is 16.6. The fourth-order valence-corrected chi connectivity index (χ4v) is 3.37. The predicted octanol–water partition coefficient (Wildman–Crippen LogP) is 0.548. The summed E-state index contributed by atoms with van der Waals surface area (Å²) in [6.45, 7) is 6.67. The van der Waals surface area contributed by atoms with Crippen LogP contribution in [0.5, 0.6) is 5.88 Å². The van der Waals surface area contributed by atoms with Crippen LogP contribution in [0.1, 0.15) is 44.1 Å². The van der Waals surface area contributed by atoms with Crippen LogP contribution in [0.4, 0.5) is 22.1 Å². The molecule has 2 aromatic heterocycles. The third-order valence-electron chi connectivity index (χ3n) is 4.79. The first kappa shape index (κ1) is 25.0. The summed E-state index contributed by atoms with van der Waals surface area (Å²) < 4.78 is 9.95. The van der Waals surface area contributed by atoms with Gasteiger partial charge in [0.2, 0.25) is 5.88 Å². The third-order valence-corrected chi connectivity index (χ3v) is 4.79. The Morgan fingerprint density at radius 2 is 1.94 bits per heavy atom. The Balaban J connectivity index is 1.66. The second-order valence-corrected chi connectivity index (χ2v) is 8.62. The van der Waals surface area contributed by atoms with Crippen LogP contribution < -0.4 is 25.9 Å². The summed E-state index contributed by atoms with van der Waals surface area (Å²) in [4.78, 5) is 38.8. The SMILES string of the molecule is CC(C)(C)OC(=O)NC1CCN(c2cccnc2NC(=O)c2nc(OB(O)O)cnc2N)CC1. The van der Waals surface area contributed by atoms with Crippen LogP contribution in [0.3, 0.4) is 0 Å². The number of nitrogens with zero attached hydrogens (tertiary/aromatic N) is 4. The van der Waals surface area contributed by atoms with Crippen molar-refractivity contribution < 1.29 is 29.0 Å². The van der Waals surface area contributed by atoms with Crippen LogP contribution in [0.15, 0.2) is 24.5 Å². The Morgan fingerprint density at radius 3 is 2.59 bits per heavy atom. The van der Waals surface area contributed by atoms with Gasteiger partial charge in [-0.3, -0.25) is 4.79 Å². The molecule has 1 aliphatic rings. The first-order valence-corrected chi connectivity index (χ1v) is 10.7. The molecule has 182 valence electrons. The van der Waals surface area contributed by atoms with Crippen molar-refractivity contribution in [2.75, 3.05) is 29.0 Å². The molecule has 6 N–H and O–H groups in total. The minimum atomic E-state index is -2.12. The number of rotatable bonds is 6. The zero-order valence-corrected chi connectivity index (χ0v) is 19.2. The van der Waals surface area contributed by atoms with Crippen LogP contribution in [0, 0.1) is 0 Å². The van der Waals surface area contributed by atoms with Crippen LogP contribution in [-0.2, 0) is 4.74 Å². The quantitative estimate of drug-likeness (QED) is 0.369. The van der Waals surface area contributed by atoms with Crippen molar-refractivity contribution in [3.63, 3.8) is 0 Å². The molecule has 3 heterocycles. The number of amides is 2. The molecular weight excluding hydrogens is 445 g/mol. The zero-order valence-electron chi connectivity index (χ0n) is 19.2. The zero-order chi connectivity index (χ0) is 24.9. The highest BCUT2D eigenvalue weighted by Crippen LogP contribution is 2.27. The molecule has 1 fully saturated rings.